The fourth-order valence-electron chi connectivity index (χ4n) is 2.92. The first-order chi connectivity index (χ1) is 11.3. The van der Waals surface area contributed by atoms with Crippen molar-refractivity contribution in [3.63, 3.8) is 0 Å². The van der Waals surface area contributed by atoms with E-state index in [1.165, 1.54) is 11.1 Å². The second-order valence-electron chi connectivity index (χ2n) is 5.96. The summed E-state index contributed by atoms with van der Waals surface area (Å²) < 4.78 is 1.84. The van der Waals surface area contributed by atoms with E-state index in [-0.39, 0.29) is 0 Å². The van der Waals surface area contributed by atoms with E-state index < -0.39 is 0 Å². The lowest BCUT2D eigenvalue weighted by Gasteiger charge is -2.11. The minimum atomic E-state index is 0.646. The lowest BCUT2D eigenvalue weighted by atomic mass is 10.1. The summed E-state index contributed by atoms with van der Waals surface area (Å²) in [7, 11) is 0. The maximum absolute atomic E-state index is 4.29. The van der Waals surface area contributed by atoms with Crippen LogP contribution in [0.1, 0.15) is 28.2 Å². The van der Waals surface area contributed by atoms with E-state index >= 15 is 0 Å². The SMILES string of the molecule is Cc1ncc(Cn2cc(CN3Cc4ccccc4C3)nn2)cn1. The Morgan fingerprint density at radius 2 is 1.70 bits per heavy atom. The van der Waals surface area contributed by atoms with Gasteiger partial charge in [-0.3, -0.25) is 4.90 Å². The van der Waals surface area contributed by atoms with Gasteiger partial charge in [0, 0.05) is 37.6 Å². The molecule has 0 aliphatic carbocycles. The van der Waals surface area contributed by atoms with Crippen LogP contribution in [-0.2, 0) is 26.2 Å². The van der Waals surface area contributed by atoms with Crippen LogP contribution in [0.15, 0.2) is 42.9 Å². The van der Waals surface area contributed by atoms with E-state index in [1.54, 1.807) is 0 Å². The molecule has 0 unspecified atom stereocenters. The Bertz CT molecular complexity index is 783. The normalized spacial score (nSPS) is 14.1. The number of aromatic nitrogens is 5. The number of aryl methyl sites for hydroxylation is 1. The van der Waals surface area contributed by atoms with Gasteiger partial charge < -0.3 is 0 Å². The Balaban J connectivity index is 1.40. The van der Waals surface area contributed by atoms with Gasteiger partial charge >= 0.3 is 0 Å². The summed E-state index contributed by atoms with van der Waals surface area (Å²) in [5, 5.41) is 8.50. The van der Waals surface area contributed by atoms with Gasteiger partial charge in [-0.1, -0.05) is 29.5 Å². The van der Waals surface area contributed by atoms with Gasteiger partial charge in [-0.05, 0) is 18.1 Å². The molecule has 0 saturated carbocycles. The number of fused-ring (bicyclic) bond motifs is 1. The fraction of sp³-hybridized carbons (Fsp3) is 0.294. The molecule has 1 aliphatic rings. The van der Waals surface area contributed by atoms with Crippen molar-refractivity contribution in [3.05, 3.63) is 71.1 Å². The molecule has 0 atom stereocenters. The van der Waals surface area contributed by atoms with Crippen LogP contribution in [0.25, 0.3) is 0 Å². The average molecular weight is 306 g/mol. The maximum atomic E-state index is 4.29. The molecule has 3 heterocycles. The number of hydrogen-bond acceptors (Lipinski definition) is 5. The van der Waals surface area contributed by atoms with Gasteiger partial charge in [0.2, 0.25) is 0 Å². The minimum absolute atomic E-state index is 0.646. The largest absolute Gasteiger partial charge is 0.289 e. The van der Waals surface area contributed by atoms with Gasteiger partial charge in [0.05, 0.1) is 18.4 Å². The Kier molecular flexibility index (Phi) is 3.59. The number of hydrogen-bond donors (Lipinski definition) is 0. The first-order valence-corrected chi connectivity index (χ1v) is 7.72. The van der Waals surface area contributed by atoms with E-state index in [0.29, 0.717) is 6.54 Å². The van der Waals surface area contributed by atoms with Crippen LogP contribution in [0, 0.1) is 6.92 Å². The van der Waals surface area contributed by atoms with Crippen molar-refractivity contribution in [2.75, 3.05) is 0 Å². The molecule has 0 radical (unpaired) electrons. The second-order valence-corrected chi connectivity index (χ2v) is 5.96. The summed E-state index contributed by atoms with van der Waals surface area (Å²) in [4.78, 5) is 10.8. The highest BCUT2D eigenvalue weighted by atomic mass is 15.4. The van der Waals surface area contributed by atoms with Crippen molar-refractivity contribution in [2.45, 2.75) is 33.1 Å². The molecule has 4 rings (SSSR count). The lowest BCUT2D eigenvalue weighted by molar-refractivity contribution is 0.272. The van der Waals surface area contributed by atoms with Crippen LogP contribution in [0.3, 0.4) is 0 Å². The molecule has 0 N–H and O–H groups in total. The molecule has 3 aromatic rings. The molecule has 6 heteroatoms. The Morgan fingerprint density at radius 1 is 1.00 bits per heavy atom. The van der Waals surface area contributed by atoms with Crippen LogP contribution >= 0.6 is 0 Å². The quantitative estimate of drug-likeness (QED) is 0.737. The van der Waals surface area contributed by atoms with Crippen LogP contribution in [0.2, 0.25) is 0 Å². The van der Waals surface area contributed by atoms with Gasteiger partial charge in [0.15, 0.2) is 0 Å². The zero-order valence-electron chi connectivity index (χ0n) is 13.1. The molecule has 0 bridgehead atoms. The van der Waals surface area contributed by atoms with Gasteiger partial charge in [-0.2, -0.15) is 0 Å². The first-order valence-electron chi connectivity index (χ1n) is 7.72. The smallest absolute Gasteiger partial charge is 0.125 e. The lowest BCUT2D eigenvalue weighted by Crippen LogP contribution is -2.15. The van der Waals surface area contributed by atoms with Crippen molar-refractivity contribution in [1.82, 2.24) is 29.9 Å². The third-order valence-corrected chi connectivity index (χ3v) is 4.06. The first kappa shape index (κ1) is 14.0. The molecule has 116 valence electrons. The number of nitrogens with zero attached hydrogens (tertiary/aromatic N) is 6. The van der Waals surface area contributed by atoms with Crippen LogP contribution in [-0.4, -0.2) is 29.9 Å². The summed E-state index contributed by atoms with van der Waals surface area (Å²) in [5.74, 6) is 0.779. The Hall–Kier alpha value is -2.60. The molecular formula is C17H18N6. The van der Waals surface area contributed by atoms with Crippen molar-refractivity contribution in [2.24, 2.45) is 0 Å². The van der Waals surface area contributed by atoms with Gasteiger partial charge in [-0.15, -0.1) is 5.10 Å². The molecule has 6 nitrogen and oxygen atoms in total. The monoisotopic (exact) mass is 306 g/mol. The summed E-state index contributed by atoms with van der Waals surface area (Å²) in [5.41, 5.74) is 4.85. The predicted octanol–water partition coefficient (Wildman–Crippen LogP) is 1.94. The second kappa shape index (κ2) is 5.89. The topological polar surface area (TPSA) is 59.7 Å². The summed E-state index contributed by atoms with van der Waals surface area (Å²) in [6, 6.07) is 8.59. The third-order valence-electron chi connectivity index (χ3n) is 4.06. The highest BCUT2D eigenvalue weighted by Crippen LogP contribution is 2.23. The average Bonchev–Trinajstić information content (AvgIpc) is 3.16. The molecule has 1 aliphatic heterocycles. The van der Waals surface area contributed by atoms with E-state index in [4.69, 9.17) is 0 Å². The van der Waals surface area contributed by atoms with Crippen molar-refractivity contribution >= 4 is 0 Å². The number of benzene rings is 1. The molecule has 0 fully saturated rings. The fourth-order valence-corrected chi connectivity index (χ4v) is 2.92. The van der Waals surface area contributed by atoms with Crippen LogP contribution < -0.4 is 0 Å². The standard InChI is InChI=1S/C17H18N6/c1-13-18-6-14(7-19-13)8-23-12-17(20-21-23)11-22-9-15-4-2-3-5-16(15)10-22/h2-7,12H,8-11H2,1H3. The van der Waals surface area contributed by atoms with Gasteiger partial charge in [0.25, 0.3) is 0 Å². The summed E-state index contributed by atoms with van der Waals surface area (Å²) >= 11 is 0. The maximum Gasteiger partial charge on any atom is 0.125 e. The van der Waals surface area contributed by atoms with E-state index in [2.05, 4.69) is 49.4 Å². The highest BCUT2D eigenvalue weighted by Gasteiger charge is 2.19. The molecule has 0 spiro atoms. The van der Waals surface area contributed by atoms with E-state index in [0.717, 1.165) is 36.7 Å². The van der Waals surface area contributed by atoms with Crippen molar-refractivity contribution in [1.29, 1.82) is 0 Å². The number of rotatable bonds is 4. The van der Waals surface area contributed by atoms with E-state index in [9.17, 15) is 0 Å². The van der Waals surface area contributed by atoms with Crippen molar-refractivity contribution in [3.8, 4) is 0 Å². The third kappa shape index (κ3) is 3.12. The molecule has 2 aromatic heterocycles. The van der Waals surface area contributed by atoms with Crippen LogP contribution in [0.4, 0.5) is 0 Å². The Morgan fingerprint density at radius 3 is 2.39 bits per heavy atom. The minimum Gasteiger partial charge on any atom is -0.289 e. The van der Waals surface area contributed by atoms with E-state index in [1.807, 2.05) is 30.2 Å². The zero-order chi connectivity index (χ0) is 15.6. The molecule has 23 heavy (non-hydrogen) atoms. The summed E-state index contributed by atoms with van der Waals surface area (Å²) in [6.07, 6.45) is 5.67. The molecular weight excluding hydrogens is 288 g/mol. The van der Waals surface area contributed by atoms with Gasteiger partial charge in [0.1, 0.15) is 5.82 Å². The van der Waals surface area contributed by atoms with Gasteiger partial charge in [-0.25, -0.2) is 14.6 Å². The highest BCUT2D eigenvalue weighted by molar-refractivity contribution is 5.30. The van der Waals surface area contributed by atoms with Crippen molar-refractivity contribution < 1.29 is 0 Å². The summed E-state index contributed by atoms with van der Waals surface area (Å²) in [6.45, 7) is 5.31. The molecule has 0 saturated heterocycles. The predicted molar refractivity (Wildman–Crippen MR) is 85.3 cm³/mol. The van der Waals surface area contributed by atoms with Crippen LogP contribution in [0.5, 0.6) is 0 Å². The zero-order valence-corrected chi connectivity index (χ0v) is 13.1. The Labute approximate surface area is 134 Å². The molecule has 1 aromatic carbocycles. The molecule has 0 amide bonds.